The van der Waals surface area contributed by atoms with E-state index in [1.807, 2.05) is 0 Å². The molecule has 19 heavy (non-hydrogen) atoms. The molecule has 2 rings (SSSR count). The van der Waals surface area contributed by atoms with E-state index in [4.69, 9.17) is 9.84 Å². The maximum atomic E-state index is 13.3. The highest BCUT2D eigenvalue weighted by atomic mass is 19.1. The first kappa shape index (κ1) is 12.9. The Morgan fingerprint density at radius 3 is 2.58 bits per heavy atom. The Kier molecular flexibility index (Phi) is 3.37. The monoisotopic (exact) mass is 262 g/mol. The number of benzene rings is 2. The van der Waals surface area contributed by atoms with Crippen LogP contribution in [0.4, 0.5) is 4.39 Å². The van der Waals surface area contributed by atoms with Crippen molar-refractivity contribution >= 4 is 5.97 Å². The second-order valence-electron chi connectivity index (χ2n) is 3.92. The molecular formula is C14H11FO4. The quantitative estimate of drug-likeness (QED) is 0.892. The molecule has 0 unspecified atom stereocenters. The second kappa shape index (κ2) is 4.97. The fourth-order valence-corrected chi connectivity index (χ4v) is 1.80. The number of rotatable bonds is 3. The first-order valence-corrected chi connectivity index (χ1v) is 5.42. The van der Waals surface area contributed by atoms with Gasteiger partial charge in [0.05, 0.1) is 12.7 Å². The van der Waals surface area contributed by atoms with Crippen LogP contribution in [0.15, 0.2) is 36.4 Å². The minimum Gasteiger partial charge on any atom is -0.508 e. The number of carbonyl (C=O) groups is 1. The van der Waals surface area contributed by atoms with Crippen LogP contribution in [-0.2, 0) is 0 Å². The molecule has 0 heterocycles. The number of ether oxygens (including phenoxy) is 1. The molecule has 0 spiro atoms. The van der Waals surface area contributed by atoms with Crippen molar-refractivity contribution in [2.75, 3.05) is 7.11 Å². The Balaban J connectivity index is 2.64. The lowest BCUT2D eigenvalue weighted by atomic mass is 10.0. The van der Waals surface area contributed by atoms with Gasteiger partial charge in [0, 0.05) is 5.56 Å². The van der Waals surface area contributed by atoms with Crippen molar-refractivity contribution in [3.8, 4) is 22.6 Å². The minimum absolute atomic E-state index is 0.0821. The van der Waals surface area contributed by atoms with E-state index in [1.54, 1.807) is 0 Å². The molecule has 0 fully saturated rings. The molecule has 4 nitrogen and oxygen atoms in total. The highest BCUT2D eigenvalue weighted by Gasteiger charge is 2.12. The van der Waals surface area contributed by atoms with Crippen molar-refractivity contribution in [1.82, 2.24) is 0 Å². The summed E-state index contributed by atoms with van der Waals surface area (Å²) >= 11 is 0. The molecule has 5 heteroatoms. The zero-order valence-electron chi connectivity index (χ0n) is 10.1. The number of aromatic hydroxyl groups is 1. The summed E-state index contributed by atoms with van der Waals surface area (Å²) in [7, 11) is 1.43. The van der Waals surface area contributed by atoms with Gasteiger partial charge in [0.2, 0.25) is 0 Å². The summed E-state index contributed by atoms with van der Waals surface area (Å²) in [5.41, 5.74) is 0.663. The van der Waals surface area contributed by atoms with Crippen molar-refractivity contribution < 1.29 is 24.1 Å². The average Bonchev–Trinajstić information content (AvgIpc) is 2.37. The number of carboxylic acid groups (broad SMARTS) is 1. The first-order valence-electron chi connectivity index (χ1n) is 5.42. The Morgan fingerprint density at radius 2 is 1.95 bits per heavy atom. The summed E-state index contributed by atoms with van der Waals surface area (Å²) in [5.74, 6) is -1.46. The lowest BCUT2D eigenvalue weighted by Gasteiger charge is -2.10. The average molecular weight is 262 g/mol. The molecule has 2 N–H and O–H groups in total. The molecule has 0 amide bonds. The van der Waals surface area contributed by atoms with Gasteiger partial charge in [0.15, 0.2) is 0 Å². The van der Waals surface area contributed by atoms with E-state index in [-0.39, 0.29) is 11.3 Å². The SMILES string of the molecule is COc1ccc(F)cc1-c1cc(O)cc(C(=O)O)c1. The lowest BCUT2D eigenvalue weighted by molar-refractivity contribution is 0.0696. The van der Waals surface area contributed by atoms with Crippen LogP contribution in [-0.4, -0.2) is 23.3 Å². The molecule has 2 aromatic rings. The fraction of sp³-hybridized carbons (Fsp3) is 0.0714. The van der Waals surface area contributed by atoms with Crippen LogP contribution in [0.3, 0.4) is 0 Å². The summed E-state index contributed by atoms with van der Waals surface area (Å²) in [6, 6.07) is 7.72. The van der Waals surface area contributed by atoms with Gasteiger partial charge in [-0.3, -0.25) is 0 Å². The van der Waals surface area contributed by atoms with Crippen LogP contribution in [0.25, 0.3) is 11.1 Å². The molecule has 0 aliphatic heterocycles. The summed E-state index contributed by atoms with van der Waals surface area (Å²) in [5, 5.41) is 18.5. The van der Waals surface area contributed by atoms with Crippen LogP contribution in [0.2, 0.25) is 0 Å². The van der Waals surface area contributed by atoms with Gasteiger partial charge in [-0.2, -0.15) is 0 Å². The van der Waals surface area contributed by atoms with Crippen LogP contribution < -0.4 is 4.74 Å². The number of carboxylic acids is 1. The van der Waals surface area contributed by atoms with E-state index in [9.17, 15) is 14.3 Å². The maximum Gasteiger partial charge on any atom is 0.335 e. The van der Waals surface area contributed by atoms with Crippen LogP contribution in [0.5, 0.6) is 11.5 Å². The molecule has 0 bridgehead atoms. The number of methoxy groups -OCH3 is 1. The Bertz CT molecular complexity index is 637. The molecule has 0 aliphatic carbocycles. The van der Waals surface area contributed by atoms with E-state index >= 15 is 0 Å². The maximum absolute atomic E-state index is 13.3. The van der Waals surface area contributed by atoms with Crippen LogP contribution >= 0.6 is 0 Å². The zero-order chi connectivity index (χ0) is 14.0. The van der Waals surface area contributed by atoms with Crippen molar-refractivity contribution in [2.45, 2.75) is 0 Å². The van der Waals surface area contributed by atoms with E-state index in [0.717, 1.165) is 6.07 Å². The molecular weight excluding hydrogens is 251 g/mol. The lowest BCUT2D eigenvalue weighted by Crippen LogP contribution is -1.97. The van der Waals surface area contributed by atoms with Gasteiger partial charge < -0.3 is 14.9 Å². The predicted octanol–water partition coefficient (Wildman–Crippen LogP) is 2.91. The minimum atomic E-state index is -1.17. The van der Waals surface area contributed by atoms with E-state index in [1.165, 1.54) is 37.4 Å². The van der Waals surface area contributed by atoms with Crippen LogP contribution in [0, 0.1) is 5.82 Å². The van der Waals surface area contributed by atoms with Gasteiger partial charge in [0.25, 0.3) is 0 Å². The highest BCUT2D eigenvalue weighted by Crippen LogP contribution is 2.33. The number of phenols is 1. The van der Waals surface area contributed by atoms with Crippen molar-refractivity contribution in [2.24, 2.45) is 0 Å². The molecule has 2 aromatic carbocycles. The fourth-order valence-electron chi connectivity index (χ4n) is 1.80. The van der Waals surface area contributed by atoms with Gasteiger partial charge >= 0.3 is 5.97 Å². The molecule has 0 aromatic heterocycles. The molecule has 0 radical (unpaired) electrons. The Hall–Kier alpha value is -2.56. The first-order chi connectivity index (χ1) is 9.01. The van der Waals surface area contributed by atoms with Crippen molar-refractivity contribution in [3.05, 3.63) is 47.8 Å². The number of aromatic carboxylic acids is 1. The van der Waals surface area contributed by atoms with Gasteiger partial charge in [-0.05, 0) is 42.0 Å². The Morgan fingerprint density at radius 1 is 1.21 bits per heavy atom. The third kappa shape index (κ3) is 2.65. The third-order valence-corrected chi connectivity index (χ3v) is 2.64. The molecule has 0 aliphatic rings. The molecule has 0 saturated carbocycles. The Labute approximate surface area is 108 Å². The molecule has 0 atom stereocenters. The normalized spacial score (nSPS) is 10.2. The largest absolute Gasteiger partial charge is 0.508 e. The topological polar surface area (TPSA) is 66.8 Å². The number of hydrogen-bond acceptors (Lipinski definition) is 3. The molecule has 98 valence electrons. The van der Waals surface area contributed by atoms with Gasteiger partial charge in [-0.1, -0.05) is 0 Å². The second-order valence-corrected chi connectivity index (χ2v) is 3.92. The van der Waals surface area contributed by atoms with E-state index < -0.39 is 11.8 Å². The smallest absolute Gasteiger partial charge is 0.335 e. The van der Waals surface area contributed by atoms with Crippen molar-refractivity contribution in [1.29, 1.82) is 0 Å². The number of hydrogen-bond donors (Lipinski definition) is 2. The van der Waals surface area contributed by atoms with Crippen molar-refractivity contribution in [3.63, 3.8) is 0 Å². The summed E-state index contributed by atoms with van der Waals surface area (Å²) < 4.78 is 18.4. The van der Waals surface area contributed by atoms with Crippen LogP contribution in [0.1, 0.15) is 10.4 Å². The van der Waals surface area contributed by atoms with Gasteiger partial charge in [-0.25, -0.2) is 9.18 Å². The number of halogens is 1. The standard InChI is InChI=1S/C14H11FO4/c1-19-13-3-2-10(15)7-12(13)8-4-9(14(17)18)6-11(16)5-8/h2-7,16H,1H3,(H,17,18). The summed E-state index contributed by atoms with van der Waals surface area (Å²) in [6.07, 6.45) is 0. The highest BCUT2D eigenvalue weighted by molar-refractivity contribution is 5.90. The summed E-state index contributed by atoms with van der Waals surface area (Å²) in [6.45, 7) is 0. The molecule has 0 saturated heterocycles. The van der Waals surface area contributed by atoms with Gasteiger partial charge in [-0.15, -0.1) is 0 Å². The summed E-state index contributed by atoms with van der Waals surface area (Å²) in [4.78, 5) is 10.9. The van der Waals surface area contributed by atoms with E-state index in [2.05, 4.69) is 0 Å². The zero-order valence-corrected chi connectivity index (χ0v) is 10.1. The van der Waals surface area contributed by atoms with E-state index in [0.29, 0.717) is 16.9 Å². The third-order valence-electron chi connectivity index (χ3n) is 2.64. The predicted molar refractivity (Wildman–Crippen MR) is 67.0 cm³/mol. The number of phenolic OH excluding ortho intramolecular Hbond substituents is 1. The van der Waals surface area contributed by atoms with Gasteiger partial charge in [0.1, 0.15) is 17.3 Å².